The van der Waals surface area contributed by atoms with Crippen LogP contribution in [-0.2, 0) is 26.2 Å². The normalized spacial score (nSPS) is 14.7. The maximum atomic E-state index is 14.1. The molecule has 1 atom stereocenters. The number of benzene rings is 3. The molecule has 3 aromatic carbocycles. The molecule has 11 heteroatoms. The number of halogens is 3. The molecule has 0 bridgehead atoms. The molecule has 0 saturated heterocycles. The van der Waals surface area contributed by atoms with Crippen molar-refractivity contribution in [2.24, 2.45) is 0 Å². The van der Waals surface area contributed by atoms with Gasteiger partial charge in [-0.1, -0.05) is 83.9 Å². The Morgan fingerprint density at radius 2 is 1.48 bits per heavy atom. The van der Waals surface area contributed by atoms with E-state index < -0.39 is 28.5 Å². The van der Waals surface area contributed by atoms with E-state index in [1.807, 2.05) is 6.92 Å². The fourth-order valence-electron chi connectivity index (χ4n) is 4.99. The molecule has 3 aromatic rings. The van der Waals surface area contributed by atoms with Gasteiger partial charge in [0.1, 0.15) is 12.6 Å². The van der Waals surface area contributed by atoms with Gasteiger partial charge in [-0.15, -0.1) is 0 Å². The molecule has 0 unspecified atom stereocenters. The molecule has 7 nitrogen and oxygen atoms in total. The van der Waals surface area contributed by atoms with Crippen LogP contribution in [-0.4, -0.2) is 43.8 Å². The summed E-state index contributed by atoms with van der Waals surface area (Å²) in [7, 11) is -4.23. The molecule has 0 aliphatic heterocycles. The molecule has 1 aliphatic carbocycles. The summed E-state index contributed by atoms with van der Waals surface area (Å²) < 4.78 is 28.9. The number of aryl methyl sites for hydroxylation is 1. The molecule has 0 spiro atoms. The molecule has 0 heterocycles. The van der Waals surface area contributed by atoms with E-state index in [1.165, 1.54) is 35.2 Å². The van der Waals surface area contributed by atoms with Crippen LogP contribution in [0.1, 0.15) is 50.2 Å². The smallest absolute Gasteiger partial charge is 0.264 e. The van der Waals surface area contributed by atoms with Crippen molar-refractivity contribution in [3.8, 4) is 0 Å². The maximum absolute atomic E-state index is 14.1. The van der Waals surface area contributed by atoms with Gasteiger partial charge in [0, 0.05) is 27.7 Å². The second-order valence-corrected chi connectivity index (χ2v) is 13.8. The summed E-state index contributed by atoms with van der Waals surface area (Å²) in [6, 6.07) is 16.8. The van der Waals surface area contributed by atoms with E-state index in [1.54, 1.807) is 43.3 Å². The highest BCUT2D eigenvalue weighted by atomic mass is 35.5. The predicted octanol–water partition coefficient (Wildman–Crippen LogP) is 7.02. The first-order chi connectivity index (χ1) is 19.9. The Morgan fingerprint density at radius 1 is 0.881 bits per heavy atom. The Hall–Kier alpha value is -2.78. The summed E-state index contributed by atoms with van der Waals surface area (Å²) in [5, 5.41) is 4.05. The van der Waals surface area contributed by atoms with Crippen LogP contribution in [0, 0.1) is 6.92 Å². The van der Waals surface area contributed by atoms with Gasteiger partial charge in [-0.3, -0.25) is 13.9 Å². The molecule has 0 aromatic heterocycles. The number of carbonyl (C=O) groups is 2. The highest BCUT2D eigenvalue weighted by molar-refractivity contribution is 7.92. The van der Waals surface area contributed by atoms with E-state index in [-0.39, 0.29) is 39.1 Å². The summed E-state index contributed by atoms with van der Waals surface area (Å²) in [4.78, 5) is 28.9. The van der Waals surface area contributed by atoms with E-state index in [0.29, 0.717) is 5.02 Å². The zero-order chi connectivity index (χ0) is 30.4. The summed E-state index contributed by atoms with van der Waals surface area (Å²) in [5.74, 6) is -0.856. The van der Waals surface area contributed by atoms with Crippen LogP contribution in [0.4, 0.5) is 5.69 Å². The highest BCUT2D eigenvalue weighted by Gasteiger charge is 2.33. The van der Waals surface area contributed by atoms with Gasteiger partial charge in [0.25, 0.3) is 10.0 Å². The number of hydrogen-bond acceptors (Lipinski definition) is 4. The van der Waals surface area contributed by atoms with E-state index >= 15 is 0 Å². The molecule has 1 fully saturated rings. The minimum absolute atomic E-state index is 0.00402. The Morgan fingerprint density at radius 3 is 2.07 bits per heavy atom. The molecular formula is C31H34Cl3N3O4S. The molecule has 1 saturated carbocycles. The molecule has 4 rings (SSSR count). The summed E-state index contributed by atoms with van der Waals surface area (Å²) in [6.45, 7) is 3.00. The van der Waals surface area contributed by atoms with Crippen LogP contribution in [0.2, 0.25) is 15.1 Å². The van der Waals surface area contributed by atoms with Crippen molar-refractivity contribution >= 4 is 62.3 Å². The molecule has 1 aliphatic rings. The van der Waals surface area contributed by atoms with Crippen molar-refractivity contribution < 1.29 is 18.0 Å². The molecule has 0 radical (unpaired) electrons. The second kappa shape index (κ2) is 14.1. The number of amides is 2. The average molecular weight is 651 g/mol. The molecule has 2 amide bonds. The lowest BCUT2D eigenvalue weighted by molar-refractivity contribution is -0.139. The highest BCUT2D eigenvalue weighted by Crippen LogP contribution is 2.30. The summed E-state index contributed by atoms with van der Waals surface area (Å²) in [5.41, 5.74) is 1.75. The van der Waals surface area contributed by atoms with Gasteiger partial charge in [-0.2, -0.15) is 0 Å². The summed E-state index contributed by atoms with van der Waals surface area (Å²) >= 11 is 18.6. The molecule has 1 N–H and O–H groups in total. The third kappa shape index (κ3) is 8.19. The third-order valence-corrected chi connectivity index (χ3v) is 9.88. The van der Waals surface area contributed by atoms with Gasteiger partial charge < -0.3 is 10.2 Å². The zero-order valence-corrected chi connectivity index (χ0v) is 26.6. The lowest BCUT2D eigenvalue weighted by Crippen LogP contribution is -2.53. The van der Waals surface area contributed by atoms with Crippen LogP contribution in [0.3, 0.4) is 0 Å². The van der Waals surface area contributed by atoms with Crippen LogP contribution in [0.5, 0.6) is 0 Å². The van der Waals surface area contributed by atoms with Gasteiger partial charge in [0.15, 0.2) is 0 Å². The van der Waals surface area contributed by atoms with Crippen LogP contribution in [0.15, 0.2) is 71.6 Å². The third-order valence-electron chi connectivity index (χ3n) is 7.41. The first-order valence-corrected chi connectivity index (χ1v) is 16.4. The Labute approximate surface area is 262 Å². The van der Waals surface area contributed by atoms with Gasteiger partial charge in [0.05, 0.1) is 10.6 Å². The van der Waals surface area contributed by atoms with E-state index in [4.69, 9.17) is 34.8 Å². The monoisotopic (exact) mass is 649 g/mol. The first kappa shape index (κ1) is 32.1. The average Bonchev–Trinajstić information content (AvgIpc) is 2.95. The second-order valence-electron chi connectivity index (χ2n) is 10.6. The number of nitrogens with one attached hydrogen (secondary N) is 1. The van der Waals surface area contributed by atoms with Crippen molar-refractivity contribution in [1.82, 2.24) is 10.2 Å². The van der Waals surface area contributed by atoms with Crippen molar-refractivity contribution in [1.29, 1.82) is 0 Å². The zero-order valence-electron chi connectivity index (χ0n) is 23.5. The fraction of sp³-hybridized carbons (Fsp3) is 0.355. The topological polar surface area (TPSA) is 86.8 Å². The minimum Gasteiger partial charge on any atom is -0.352 e. The number of hydrogen-bond donors (Lipinski definition) is 1. The summed E-state index contributed by atoms with van der Waals surface area (Å²) in [6.07, 6.45) is 5.01. The fourth-order valence-corrected chi connectivity index (χ4v) is 7.03. The van der Waals surface area contributed by atoms with Crippen molar-refractivity contribution in [3.05, 3.63) is 92.9 Å². The minimum atomic E-state index is -4.23. The molecule has 224 valence electrons. The quantitative estimate of drug-likeness (QED) is 0.256. The molecular weight excluding hydrogens is 617 g/mol. The Bertz CT molecular complexity index is 1490. The number of carbonyl (C=O) groups excluding carboxylic acids is 2. The number of nitrogens with zero attached hydrogens (tertiary/aromatic N) is 2. The van der Waals surface area contributed by atoms with E-state index in [9.17, 15) is 18.0 Å². The predicted molar refractivity (Wildman–Crippen MR) is 169 cm³/mol. The van der Waals surface area contributed by atoms with Gasteiger partial charge in [-0.25, -0.2) is 8.42 Å². The number of sulfonamides is 1. The van der Waals surface area contributed by atoms with Crippen LogP contribution in [0.25, 0.3) is 0 Å². The lowest BCUT2D eigenvalue weighted by atomic mass is 9.95. The van der Waals surface area contributed by atoms with Gasteiger partial charge in [-0.05, 0) is 74.7 Å². The largest absolute Gasteiger partial charge is 0.352 e. The van der Waals surface area contributed by atoms with Gasteiger partial charge >= 0.3 is 0 Å². The maximum Gasteiger partial charge on any atom is 0.264 e. The van der Waals surface area contributed by atoms with Crippen molar-refractivity contribution in [3.63, 3.8) is 0 Å². The van der Waals surface area contributed by atoms with Crippen LogP contribution >= 0.6 is 34.8 Å². The number of anilines is 1. The van der Waals surface area contributed by atoms with E-state index in [2.05, 4.69) is 5.32 Å². The lowest BCUT2D eigenvalue weighted by Gasteiger charge is -2.33. The van der Waals surface area contributed by atoms with Crippen molar-refractivity contribution in [2.45, 2.75) is 69.5 Å². The SMILES string of the molecule is Cc1ccc(S(=O)(=O)N(CC(=O)N(Cc2ccc(Cl)cc2)[C@H](C)C(=O)NC2CCCCC2)c2cc(Cl)cc(Cl)c2)cc1. The van der Waals surface area contributed by atoms with Crippen molar-refractivity contribution in [2.75, 3.05) is 10.8 Å². The van der Waals surface area contributed by atoms with E-state index in [0.717, 1.165) is 47.5 Å². The molecule has 42 heavy (non-hydrogen) atoms. The van der Waals surface area contributed by atoms with Gasteiger partial charge in [0.2, 0.25) is 11.8 Å². The standard InChI is InChI=1S/C31H34Cl3N3O4S/c1-21-8-14-29(15-9-21)42(40,41)37(28-17-25(33)16-26(34)18-28)20-30(38)36(19-23-10-12-24(32)13-11-23)22(2)31(39)35-27-6-4-3-5-7-27/h8-18,22,27H,3-7,19-20H2,1-2H3,(H,35,39)/t22-/m1/s1. The first-order valence-electron chi connectivity index (χ1n) is 13.8. The van der Waals surface area contributed by atoms with Crippen LogP contribution < -0.4 is 9.62 Å². The Kier molecular flexibility index (Phi) is 10.8. The number of rotatable bonds is 10. The Balaban J connectivity index is 1.69.